The molecule has 0 bridgehead atoms. The molecule has 4 heteroatoms. The fourth-order valence-electron chi connectivity index (χ4n) is 4.99. The molecule has 0 fully saturated rings. The molecule has 4 aromatic carbocycles. The molecule has 0 aliphatic heterocycles. The number of benzene rings is 4. The molecule has 0 aliphatic carbocycles. The van der Waals surface area contributed by atoms with Gasteiger partial charge in [-0.2, -0.15) is 5.26 Å². The Kier molecular flexibility index (Phi) is 3.88. The zero-order chi connectivity index (χ0) is 22.6. The number of nitriles is 1. The topological polar surface area (TPSA) is 54.8 Å². The molecule has 0 unspecified atom stereocenters. The number of pyridine rings is 1. The number of hydrogen-bond acceptors (Lipinski definition) is 3. The molecule has 0 saturated carbocycles. The highest BCUT2D eigenvalue weighted by molar-refractivity contribution is 6.24. The third kappa shape index (κ3) is 2.61. The van der Waals surface area contributed by atoms with E-state index in [9.17, 15) is 0 Å². The highest BCUT2D eigenvalue weighted by Crippen LogP contribution is 2.40. The molecule has 34 heavy (non-hydrogen) atoms. The lowest BCUT2D eigenvalue weighted by Gasteiger charge is -2.11. The van der Waals surface area contributed by atoms with E-state index in [1.807, 2.05) is 18.2 Å². The molecule has 0 atom stereocenters. The number of para-hydroxylation sites is 2. The molecule has 7 aromatic rings. The number of aromatic nitrogens is 2. The van der Waals surface area contributed by atoms with Crippen LogP contribution >= 0.6 is 0 Å². The SMILES string of the molecule is N#Cc1ccc(-c2cccc(-n3c4ccccc4c4ccc5oc6ccccc6c5c43)c2)cn1. The Labute approximate surface area is 194 Å². The summed E-state index contributed by atoms with van der Waals surface area (Å²) in [5, 5.41) is 13.7. The second-order valence-electron chi connectivity index (χ2n) is 8.38. The van der Waals surface area contributed by atoms with E-state index in [2.05, 4.69) is 88.4 Å². The number of nitrogens with zero attached hydrogens (tertiary/aromatic N) is 3. The van der Waals surface area contributed by atoms with E-state index in [4.69, 9.17) is 9.68 Å². The Balaban J connectivity index is 1.59. The Morgan fingerprint density at radius 2 is 1.56 bits per heavy atom. The molecule has 3 heterocycles. The van der Waals surface area contributed by atoms with Gasteiger partial charge >= 0.3 is 0 Å². The largest absolute Gasteiger partial charge is 0.456 e. The van der Waals surface area contributed by atoms with Crippen LogP contribution in [0.15, 0.2) is 108 Å². The van der Waals surface area contributed by atoms with Gasteiger partial charge in [0.2, 0.25) is 0 Å². The number of furan rings is 1. The van der Waals surface area contributed by atoms with E-state index in [1.54, 1.807) is 12.3 Å². The van der Waals surface area contributed by atoms with E-state index >= 15 is 0 Å². The van der Waals surface area contributed by atoms with Gasteiger partial charge in [0.15, 0.2) is 0 Å². The molecule has 0 N–H and O–H groups in total. The summed E-state index contributed by atoms with van der Waals surface area (Å²) in [7, 11) is 0. The van der Waals surface area contributed by atoms with Crippen molar-refractivity contribution in [2.75, 3.05) is 0 Å². The predicted molar refractivity (Wildman–Crippen MR) is 136 cm³/mol. The molecule has 158 valence electrons. The summed E-state index contributed by atoms with van der Waals surface area (Å²) in [6, 6.07) is 35.2. The van der Waals surface area contributed by atoms with Gasteiger partial charge in [-0.1, -0.05) is 48.5 Å². The lowest BCUT2D eigenvalue weighted by Crippen LogP contribution is -1.95. The van der Waals surface area contributed by atoms with Gasteiger partial charge < -0.3 is 8.98 Å². The second-order valence-corrected chi connectivity index (χ2v) is 8.38. The highest BCUT2D eigenvalue weighted by atomic mass is 16.3. The van der Waals surface area contributed by atoms with Crippen molar-refractivity contribution < 1.29 is 4.42 Å². The van der Waals surface area contributed by atoms with Crippen molar-refractivity contribution in [2.24, 2.45) is 0 Å². The van der Waals surface area contributed by atoms with Crippen LogP contribution in [0.1, 0.15) is 5.69 Å². The Hall–Kier alpha value is -4.88. The first-order valence-electron chi connectivity index (χ1n) is 11.1. The van der Waals surface area contributed by atoms with Crippen LogP contribution in [-0.2, 0) is 0 Å². The monoisotopic (exact) mass is 435 g/mol. The van der Waals surface area contributed by atoms with Gasteiger partial charge in [0.1, 0.15) is 22.9 Å². The zero-order valence-corrected chi connectivity index (χ0v) is 18.1. The van der Waals surface area contributed by atoms with E-state index < -0.39 is 0 Å². The van der Waals surface area contributed by atoms with Gasteiger partial charge in [-0.3, -0.25) is 0 Å². The summed E-state index contributed by atoms with van der Waals surface area (Å²) in [6.45, 7) is 0. The summed E-state index contributed by atoms with van der Waals surface area (Å²) in [6.07, 6.45) is 1.76. The summed E-state index contributed by atoms with van der Waals surface area (Å²) in [5.41, 5.74) is 7.54. The molecule has 0 radical (unpaired) electrons. The van der Waals surface area contributed by atoms with Gasteiger partial charge in [0, 0.05) is 33.6 Å². The minimum atomic E-state index is 0.413. The molecule has 0 amide bonds. The van der Waals surface area contributed by atoms with Gasteiger partial charge in [-0.25, -0.2) is 4.98 Å². The van der Waals surface area contributed by atoms with Crippen molar-refractivity contribution in [1.82, 2.24) is 9.55 Å². The maximum absolute atomic E-state index is 9.09. The van der Waals surface area contributed by atoms with Crippen LogP contribution in [0.3, 0.4) is 0 Å². The maximum atomic E-state index is 9.09. The van der Waals surface area contributed by atoms with Crippen LogP contribution < -0.4 is 0 Å². The molecule has 4 nitrogen and oxygen atoms in total. The van der Waals surface area contributed by atoms with Crippen LogP contribution in [0.4, 0.5) is 0 Å². The predicted octanol–water partition coefficient (Wildman–Crippen LogP) is 7.62. The van der Waals surface area contributed by atoms with Crippen molar-refractivity contribution in [3.05, 3.63) is 109 Å². The van der Waals surface area contributed by atoms with E-state index in [0.717, 1.165) is 49.8 Å². The first-order valence-corrected chi connectivity index (χ1v) is 11.1. The Morgan fingerprint density at radius 1 is 0.706 bits per heavy atom. The fraction of sp³-hybridized carbons (Fsp3) is 0. The fourth-order valence-corrected chi connectivity index (χ4v) is 4.99. The average molecular weight is 435 g/mol. The third-order valence-electron chi connectivity index (χ3n) is 6.49. The molecular weight excluding hydrogens is 418 g/mol. The smallest absolute Gasteiger partial charge is 0.140 e. The first kappa shape index (κ1) is 18.7. The van der Waals surface area contributed by atoms with Crippen molar-refractivity contribution in [2.45, 2.75) is 0 Å². The quantitative estimate of drug-likeness (QED) is 0.281. The van der Waals surface area contributed by atoms with Gasteiger partial charge in [-0.05, 0) is 54.1 Å². The van der Waals surface area contributed by atoms with Crippen LogP contribution in [0.2, 0.25) is 0 Å². The van der Waals surface area contributed by atoms with Crippen molar-refractivity contribution in [3.63, 3.8) is 0 Å². The molecule has 0 spiro atoms. The summed E-state index contributed by atoms with van der Waals surface area (Å²) in [4.78, 5) is 4.25. The number of fused-ring (bicyclic) bond motifs is 7. The molecular formula is C30H17N3O. The maximum Gasteiger partial charge on any atom is 0.140 e. The standard InChI is InChI=1S/C30H17N3O/c31-17-21-13-12-20(18-32-21)19-6-5-7-22(16-19)33-26-10-3-1-8-23(26)24-14-15-28-29(30(24)33)25-9-2-4-11-27(25)34-28/h1-16,18H. The normalized spacial score (nSPS) is 11.5. The van der Waals surface area contributed by atoms with E-state index in [-0.39, 0.29) is 0 Å². The van der Waals surface area contributed by atoms with Gasteiger partial charge in [0.05, 0.1) is 16.4 Å². The zero-order valence-electron chi connectivity index (χ0n) is 18.1. The first-order chi connectivity index (χ1) is 16.8. The van der Waals surface area contributed by atoms with Gasteiger partial charge in [-0.15, -0.1) is 0 Å². The van der Waals surface area contributed by atoms with E-state index in [0.29, 0.717) is 5.69 Å². The van der Waals surface area contributed by atoms with Crippen LogP contribution in [0.5, 0.6) is 0 Å². The summed E-state index contributed by atoms with van der Waals surface area (Å²) in [5.74, 6) is 0. The lowest BCUT2D eigenvalue weighted by molar-refractivity contribution is 0.669. The third-order valence-corrected chi connectivity index (χ3v) is 6.49. The molecule has 0 saturated heterocycles. The van der Waals surface area contributed by atoms with Crippen LogP contribution in [0, 0.1) is 11.3 Å². The van der Waals surface area contributed by atoms with Crippen LogP contribution in [-0.4, -0.2) is 9.55 Å². The van der Waals surface area contributed by atoms with Crippen molar-refractivity contribution in [3.8, 4) is 22.9 Å². The lowest BCUT2D eigenvalue weighted by atomic mass is 10.1. The molecule has 0 aliphatic rings. The van der Waals surface area contributed by atoms with E-state index in [1.165, 1.54) is 10.8 Å². The minimum Gasteiger partial charge on any atom is -0.456 e. The molecule has 3 aromatic heterocycles. The Bertz CT molecular complexity index is 1920. The Morgan fingerprint density at radius 3 is 2.41 bits per heavy atom. The van der Waals surface area contributed by atoms with Crippen LogP contribution in [0.25, 0.3) is 60.6 Å². The van der Waals surface area contributed by atoms with Gasteiger partial charge in [0.25, 0.3) is 0 Å². The number of rotatable bonds is 2. The number of hydrogen-bond donors (Lipinski definition) is 0. The summed E-state index contributed by atoms with van der Waals surface area (Å²) < 4.78 is 8.54. The summed E-state index contributed by atoms with van der Waals surface area (Å²) >= 11 is 0. The highest BCUT2D eigenvalue weighted by Gasteiger charge is 2.18. The van der Waals surface area contributed by atoms with Crippen molar-refractivity contribution >= 4 is 43.7 Å². The average Bonchev–Trinajstić information content (AvgIpc) is 3.44. The molecule has 7 rings (SSSR count). The minimum absolute atomic E-state index is 0.413. The van der Waals surface area contributed by atoms with Crippen molar-refractivity contribution in [1.29, 1.82) is 5.26 Å². The second kappa shape index (κ2) is 7.06.